The van der Waals surface area contributed by atoms with Crippen LogP contribution in [0.1, 0.15) is 44.3 Å². The van der Waals surface area contributed by atoms with E-state index in [1.165, 1.54) is 23.5 Å². The van der Waals surface area contributed by atoms with Crippen molar-refractivity contribution in [1.82, 2.24) is 25.1 Å². The Labute approximate surface area is 126 Å². The molecular weight excluding hydrogens is 262 g/mol. The highest BCUT2D eigenvalue weighted by Gasteiger charge is 2.21. The summed E-state index contributed by atoms with van der Waals surface area (Å²) in [5.41, 5.74) is 2.63. The number of hydrogen-bond donors (Lipinski definition) is 2. The van der Waals surface area contributed by atoms with Crippen molar-refractivity contribution in [2.45, 2.75) is 52.1 Å². The molecule has 0 radical (unpaired) electrons. The fraction of sp³-hybridized carbons (Fsp3) is 0.625. The quantitative estimate of drug-likeness (QED) is 0.907. The molecule has 114 valence electrons. The van der Waals surface area contributed by atoms with Crippen LogP contribution in [0.5, 0.6) is 0 Å². The number of rotatable bonds is 4. The highest BCUT2D eigenvalue weighted by molar-refractivity contribution is 5.23. The maximum atomic E-state index is 4.38. The van der Waals surface area contributed by atoms with Gasteiger partial charge in [0.1, 0.15) is 5.82 Å². The van der Waals surface area contributed by atoms with Gasteiger partial charge in [-0.05, 0) is 18.9 Å². The van der Waals surface area contributed by atoms with Crippen LogP contribution in [-0.4, -0.2) is 26.3 Å². The monoisotopic (exact) mass is 287 g/mol. The summed E-state index contributed by atoms with van der Waals surface area (Å²) in [5, 5.41) is 10.9. The minimum Gasteiger partial charge on any atom is -0.335 e. The molecule has 0 saturated heterocycles. The molecule has 5 heteroatoms. The minimum atomic E-state index is 0.115. The van der Waals surface area contributed by atoms with Crippen LogP contribution in [0.25, 0.3) is 0 Å². The Bertz CT molecular complexity index is 590. The van der Waals surface area contributed by atoms with Crippen LogP contribution in [-0.2, 0) is 24.9 Å². The Kier molecular flexibility index (Phi) is 3.85. The zero-order chi connectivity index (χ0) is 14.9. The number of nitrogens with zero attached hydrogens (tertiary/aromatic N) is 3. The normalized spacial score (nSPS) is 18.7. The second kappa shape index (κ2) is 5.64. The molecule has 0 amide bonds. The molecule has 1 aliphatic rings. The Morgan fingerprint density at radius 1 is 1.43 bits per heavy atom. The third kappa shape index (κ3) is 3.18. The van der Waals surface area contributed by atoms with Gasteiger partial charge in [-0.2, -0.15) is 5.10 Å². The van der Waals surface area contributed by atoms with Crippen molar-refractivity contribution in [2.24, 2.45) is 5.92 Å². The number of imidazole rings is 1. The molecule has 1 aliphatic heterocycles. The predicted octanol–water partition coefficient (Wildman–Crippen LogP) is 2.26. The summed E-state index contributed by atoms with van der Waals surface area (Å²) >= 11 is 0. The molecule has 0 aromatic carbocycles. The summed E-state index contributed by atoms with van der Waals surface area (Å²) in [7, 11) is 0. The Hall–Kier alpha value is -1.62. The molecule has 0 fully saturated rings. The first-order valence-corrected chi connectivity index (χ1v) is 7.77. The highest BCUT2D eigenvalue weighted by atomic mass is 15.1. The van der Waals surface area contributed by atoms with Gasteiger partial charge in [-0.3, -0.25) is 5.10 Å². The van der Waals surface area contributed by atoms with Crippen molar-refractivity contribution >= 4 is 0 Å². The van der Waals surface area contributed by atoms with E-state index in [1.807, 2.05) is 12.4 Å². The molecule has 21 heavy (non-hydrogen) atoms. The van der Waals surface area contributed by atoms with Crippen LogP contribution >= 0.6 is 0 Å². The van der Waals surface area contributed by atoms with Crippen LogP contribution in [0.4, 0.5) is 0 Å². The number of H-pyrrole nitrogens is 1. The van der Waals surface area contributed by atoms with Gasteiger partial charge in [0.05, 0.1) is 6.20 Å². The number of nitrogens with one attached hydrogen (secondary N) is 2. The van der Waals surface area contributed by atoms with E-state index in [1.54, 1.807) is 0 Å². The van der Waals surface area contributed by atoms with Crippen molar-refractivity contribution in [1.29, 1.82) is 0 Å². The van der Waals surface area contributed by atoms with E-state index in [-0.39, 0.29) is 5.41 Å². The summed E-state index contributed by atoms with van der Waals surface area (Å²) in [6, 6.07) is 0. The van der Waals surface area contributed by atoms with E-state index < -0.39 is 0 Å². The molecule has 5 nitrogen and oxygen atoms in total. The standard InChI is InChI=1S/C16H25N5/c1-16(2,3)15-13(10-19-20-15)9-17-8-12-4-5-14-18-6-7-21(14)11-12/h6-7,10,12,17H,4-5,8-9,11H2,1-3H3,(H,19,20)/t12-/m1/s1. The molecular formula is C16H25N5. The van der Waals surface area contributed by atoms with E-state index in [0.29, 0.717) is 5.92 Å². The molecule has 0 unspecified atom stereocenters. The molecule has 2 N–H and O–H groups in total. The zero-order valence-electron chi connectivity index (χ0n) is 13.2. The number of aryl methyl sites for hydroxylation is 1. The lowest BCUT2D eigenvalue weighted by molar-refractivity contribution is 0.347. The first-order valence-electron chi connectivity index (χ1n) is 7.77. The third-order valence-electron chi connectivity index (χ3n) is 4.25. The fourth-order valence-corrected chi connectivity index (χ4v) is 3.11. The van der Waals surface area contributed by atoms with Crippen molar-refractivity contribution in [3.63, 3.8) is 0 Å². The molecule has 3 heterocycles. The van der Waals surface area contributed by atoms with Crippen molar-refractivity contribution in [3.8, 4) is 0 Å². The van der Waals surface area contributed by atoms with Crippen LogP contribution in [0, 0.1) is 5.92 Å². The molecule has 0 aliphatic carbocycles. The first-order chi connectivity index (χ1) is 10.0. The van der Waals surface area contributed by atoms with Gasteiger partial charge in [0, 0.05) is 48.6 Å². The van der Waals surface area contributed by atoms with E-state index in [4.69, 9.17) is 0 Å². The minimum absolute atomic E-state index is 0.115. The molecule has 0 spiro atoms. The van der Waals surface area contributed by atoms with Gasteiger partial charge in [-0.1, -0.05) is 20.8 Å². The maximum absolute atomic E-state index is 4.38. The Balaban J connectivity index is 1.52. The van der Waals surface area contributed by atoms with Crippen LogP contribution in [0.3, 0.4) is 0 Å². The number of aromatic nitrogens is 4. The summed E-state index contributed by atoms with van der Waals surface area (Å²) in [5.74, 6) is 1.92. The van der Waals surface area contributed by atoms with E-state index >= 15 is 0 Å². The van der Waals surface area contributed by atoms with E-state index in [9.17, 15) is 0 Å². The molecule has 2 aromatic rings. The van der Waals surface area contributed by atoms with Gasteiger partial charge in [-0.15, -0.1) is 0 Å². The molecule has 0 saturated carbocycles. The maximum Gasteiger partial charge on any atom is 0.108 e. The topological polar surface area (TPSA) is 58.5 Å². The van der Waals surface area contributed by atoms with Crippen LogP contribution < -0.4 is 5.32 Å². The largest absolute Gasteiger partial charge is 0.335 e. The third-order valence-corrected chi connectivity index (χ3v) is 4.25. The highest BCUT2D eigenvalue weighted by Crippen LogP contribution is 2.23. The fourth-order valence-electron chi connectivity index (χ4n) is 3.11. The Morgan fingerprint density at radius 2 is 2.29 bits per heavy atom. The predicted molar refractivity (Wildman–Crippen MR) is 83.0 cm³/mol. The molecule has 3 rings (SSSR count). The van der Waals surface area contributed by atoms with Crippen molar-refractivity contribution < 1.29 is 0 Å². The lowest BCUT2D eigenvalue weighted by atomic mass is 9.89. The SMILES string of the molecule is CC(C)(C)c1[nH]ncc1CNC[C@H]1CCc2nccn2C1. The first kappa shape index (κ1) is 14.3. The average Bonchev–Trinajstić information content (AvgIpc) is 3.05. The van der Waals surface area contributed by atoms with Crippen LogP contribution in [0.15, 0.2) is 18.6 Å². The average molecular weight is 287 g/mol. The van der Waals surface area contributed by atoms with Crippen molar-refractivity contribution in [2.75, 3.05) is 6.54 Å². The summed E-state index contributed by atoms with van der Waals surface area (Å²) < 4.78 is 2.29. The second-order valence-electron chi connectivity index (χ2n) is 7.05. The molecule has 2 aromatic heterocycles. The number of aromatic amines is 1. The van der Waals surface area contributed by atoms with Crippen LogP contribution in [0.2, 0.25) is 0 Å². The van der Waals surface area contributed by atoms with E-state index in [2.05, 4.69) is 52.0 Å². The number of hydrogen-bond acceptors (Lipinski definition) is 3. The second-order valence-corrected chi connectivity index (χ2v) is 7.05. The smallest absolute Gasteiger partial charge is 0.108 e. The summed E-state index contributed by atoms with van der Waals surface area (Å²) in [6.07, 6.45) is 8.27. The summed E-state index contributed by atoms with van der Waals surface area (Å²) in [6.45, 7) is 9.66. The van der Waals surface area contributed by atoms with Gasteiger partial charge >= 0.3 is 0 Å². The number of fused-ring (bicyclic) bond motifs is 1. The lowest BCUT2D eigenvalue weighted by Gasteiger charge is -2.24. The van der Waals surface area contributed by atoms with Gasteiger partial charge < -0.3 is 9.88 Å². The van der Waals surface area contributed by atoms with Crippen molar-refractivity contribution in [3.05, 3.63) is 35.7 Å². The molecule has 0 bridgehead atoms. The van der Waals surface area contributed by atoms with Gasteiger partial charge in [-0.25, -0.2) is 4.98 Å². The molecule has 1 atom stereocenters. The Morgan fingerprint density at radius 3 is 3.10 bits per heavy atom. The zero-order valence-corrected chi connectivity index (χ0v) is 13.2. The van der Waals surface area contributed by atoms with E-state index in [0.717, 1.165) is 26.1 Å². The van der Waals surface area contributed by atoms with Gasteiger partial charge in [0.2, 0.25) is 0 Å². The summed E-state index contributed by atoms with van der Waals surface area (Å²) in [4.78, 5) is 4.38. The van der Waals surface area contributed by atoms with Gasteiger partial charge in [0.25, 0.3) is 0 Å². The van der Waals surface area contributed by atoms with Gasteiger partial charge in [0.15, 0.2) is 0 Å². The lowest BCUT2D eigenvalue weighted by Crippen LogP contribution is -2.30.